The van der Waals surface area contributed by atoms with Crippen LogP contribution in [0.15, 0.2) is 23.3 Å². The fraction of sp³-hybridized carbons (Fsp3) is 0.667. The molecule has 0 atom stereocenters. The van der Waals surface area contributed by atoms with Gasteiger partial charge in [-0.3, -0.25) is 5.32 Å². The van der Waals surface area contributed by atoms with E-state index in [9.17, 15) is 0 Å². The van der Waals surface area contributed by atoms with Crippen LogP contribution in [-0.2, 0) is 4.84 Å². The quantitative estimate of drug-likeness (QED) is 0.629. The monoisotopic (exact) mass is 265 g/mol. The maximum Gasteiger partial charge on any atom is 0.0944 e. The Bertz CT molecular complexity index is 364. The first kappa shape index (κ1) is 17.8. The van der Waals surface area contributed by atoms with Gasteiger partial charge in [0.1, 0.15) is 0 Å². The minimum atomic E-state index is 0.0226. The largest absolute Gasteiger partial charge is 0.300 e. The summed E-state index contributed by atoms with van der Waals surface area (Å²) in [6.45, 7) is 12.2. The smallest absolute Gasteiger partial charge is 0.0944 e. The lowest BCUT2D eigenvalue weighted by Crippen LogP contribution is -2.45. The van der Waals surface area contributed by atoms with E-state index < -0.39 is 0 Å². The molecular formula is C15H27N3O. The van der Waals surface area contributed by atoms with E-state index >= 15 is 0 Å². The Hall–Kier alpha value is -1.15. The molecular weight excluding hydrogens is 238 g/mol. The maximum absolute atomic E-state index is 8.37. The van der Waals surface area contributed by atoms with Gasteiger partial charge in [-0.15, -0.1) is 0 Å². The second-order valence-electron chi connectivity index (χ2n) is 5.10. The summed E-state index contributed by atoms with van der Waals surface area (Å²) in [5, 5.41) is 13.6. The van der Waals surface area contributed by atoms with Gasteiger partial charge >= 0.3 is 0 Å². The molecule has 0 aromatic carbocycles. The summed E-state index contributed by atoms with van der Waals surface area (Å²) in [6, 6.07) is 2.06. The average molecular weight is 265 g/mol. The van der Waals surface area contributed by atoms with Crippen LogP contribution < -0.4 is 5.32 Å². The number of nitrogens with zero attached hydrogens (tertiary/aromatic N) is 2. The van der Waals surface area contributed by atoms with Gasteiger partial charge in [-0.25, -0.2) is 0 Å². The van der Waals surface area contributed by atoms with E-state index in [1.165, 1.54) is 5.57 Å². The number of nitrogens with one attached hydrogen (secondary N) is 1. The van der Waals surface area contributed by atoms with Gasteiger partial charge in [-0.05, 0) is 40.2 Å². The summed E-state index contributed by atoms with van der Waals surface area (Å²) in [4.78, 5) is 5.10. The Labute approximate surface area is 117 Å². The molecule has 0 saturated carbocycles. The van der Waals surface area contributed by atoms with Crippen molar-refractivity contribution in [3.8, 4) is 6.07 Å². The number of nitriles is 1. The highest BCUT2D eigenvalue weighted by Crippen LogP contribution is 2.14. The summed E-state index contributed by atoms with van der Waals surface area (Å²) >= 11 is 0. The zero-order chi connectivity index (χ0) is 14.9. The van der Waals surface area contributed by atoms with E-state index in [0.29, 0.717) is 0 Å². The molecule has 1 aliphatic rings. The summed E-state index contributed by atoms with van der Waals surface area (Å²) in [7, 11) is 1.70. The zero-order valence-corrected chi connectivity index (χ0v) is 13.1. The SMILES string of the molecule is CC/C(C)=C\C=C(/C)C#N.CON1CCNC1(C)C. The Morgan fingerprint density at radius 3 is 2.37 bits per heavy atom. The van der Waals surface area contributed by atoms with Crippen LogP contribution in [0.5, 0.6) is 0 Å². The van der Waals surface area contributed by atoms with Crippen molar-refractivity contribution in [2.45, 2.75) is 46.7 Å². The molecule has 4 heteroatoms. The van der Waals surface area contributed by atoms with Gasteiger partial charge in [-0.2, -0.15) is 10.3 Å². The van der Waals surface area contributed by atoms with Gasteiger partial charge in [0, 0.05) is 18.7 Å². The number of hydroxylamine groups is 2. The van der Waals surface area contributed by atoms with Crippen LogP contribution in [0.1, 0.15) is 41.0 Å². The summed E-state index contributed by atoms with van der Waals surface area (Å²) < 4.78 is 0. The first-order valence-electron chi connectivity index (χ1n) is 6.68. The molecule has 108 valence electrons. The van der Waals surface area contributed by atoms with Crippen molar-refractivity contribution < 1.29 is 4.84 Å². The fourth-order valence-corrected chi connectivity index (χ4v) is 1.57. The molecule has 0 amide bonds. The molecule has 1 heterocycles. The molecule has 1 fully saturated rings. The summed E-state index contributed by atoms with van der Waals surface area (Å²) in [6.07, 6.45) is 4.88. The average Bonchev–Trinajstić information content (AvgIpc) is 2.74. The Morgan fingerprint density at radius 1 is 1.42 bits per heavy atom. The standard InChI is InChI=1S/C9H13N.C6H14N2O/c1-4-8(2)5-6-9(3)7-10;1-6(2)7-4-5-8(6)9-3/h5-6H,4H2,1-3H3;7H,4-5H2,1-3H3/b8-5-,9-6+;. The molecule has 1 aliphatic heterocycles. The molecule has 1 N–H and O–H groups in total. The minimum Gasteiger partial charge on any atom is -0.300 e. The lowest BCUT2D eigenvalue weighted by molar-refractivity contribution is -0.173. The van der Waals surface area contributed by atoms with Gasteiger partial charge in [0.15, 0.2) is 0 Å². The number of rotatable bonds is 3. The fourth-order valence-electron chi connectivity index (χ4n) is 1.57. The molecule has 19 heavy (non-hydrogen) atoms. The maximum atomic E-state index is 8.37. The van der Waals surface area contributed by atoms with Crippen LogP contribution in [-0.4, -0.2) is 30.9 Å². The molecule has 1 rings (SSSR count). The van der Waals surface area contributed by atoms with Crippen LogP contribution in [0.25, 0.3) is 0 Å². The third kappa shape index (κ3) is 7.12. The number of hydrogen-bond donors (Lipinski definition) is 1. The van der Waals surface area contributed by atoms with Crippen molar-refractivity contribution in [3.05, 3.63) is 23.3 Å². The van der Waals surface area contributed by atoms with Crippen LogP contribution in [0.4, 0.5) is 0 Å². The highest BCUT2D eigenvalue weighted by Gasteiger charge is 2.31. The van der Waals surface area contributed by atoms with Crippen LogP contribution >= 0.6 is 0 Å². The highest BCUT2D eigenvalue weighted by atomic mass is 16.7. The molecule has 0 aromatic heterocycles. The minimum absolute atomic E-state index is 0.0226. The Morgan fingerprint density at radius 2 is 2.05 bits per heavy atom. The number of hydrogen-bond acceptors (Lipinski definition) is 4. The van der Waals surface area contributed by atoms with Crippen molar-refractivity contribution >= 4 is 0 Å². The van der Waals surface area contributed by atoms with E-state index in [0.717, 1.165) is 25.1 Å². The highest BCUT2D eigenvalue weighted by molar-refractivity contribution is 5.24. The van der Waals surface area contributed by atoms with Crippen LogP contribution in [0, 0.1) is 11.3 Å². The molecule has 0 unspecified atom stereocenters. The second-order valence-corrected chi connectivity index (χ2v) is 5.10. The molecule has 0 radical (unpaired) electrons. The summed E-state index contributed by atoms with van der Waals surface area (Å²) in [5.41, 5.74) is 2.08. The van der Waals surface area contributed by atoms with Gasteiger partial charge in [0.05, 0.1) is 18.8 Å². The Balaban J connectivity index is 0.000000342. The van der Waals surface area contributed by atoms with E-state index in [1.54, 1.807) is 14.0 Å². The van der Waals surface area contributed by atoms with Crippen molar-refractivity contribution in [1.29, 1.82) is 5.26 Å². The van der Waals surface area contributed by atoms with E-state index in [1.807, 2.05) is 17.2 Å². The van der Waals surface area contributed by atoms with Crippen LogP contribution in [0.2, 0.25) is 0 Å². The lowest BCUT2D eigenvalue weighted by Gasteiger charge is -2.28. The second kappa shape index (κ2) is 8.87. The molecule has 0 bridgehead atoms. The Kier molecular flexibility index (Phi) is 8.33. The zero-order valence-electron chi connectivity index (χ0n) is 13.1. The number of allylic oxidation sites excluding steroid dienone is 4. The first-order valence-corrected chi connectivity index (χ1v) is 6.68. The third-order valence-electron chi connectivity index (χ3n) is 3.07. The van der Waals surface area contributed by atoms with E-state index in [2.05, 4.69) is 39.1 Å². The van der Waals surface area contributed by atoms with Gasteiger partial charge in [0.2, 0.25) is 0 Å². The third-order valence-corrected chi connectivity index (χ3v) is 3.07. The molecule has 4 nitrogen and oxygen atoms in total. The molecule has 0 aliphatic carbocycles. The van der Waals surface area contributed by atoms with E-state index in [4.69, 9.17) is 10.1 Å². The normalized spacial score (nSPS) is 19.6. The summed E-state index contributed by atoms with van der Waals surface area (Å²) in [5.74, 6) is 0. The predicted octanol–water partition coefficient (Wildman–Crippen LogP) is 3.00. The molecule has 1 saturated heterocycles. The lowest BCUT2D eigenvalue weighted by atomic mass is 10.2. The van der Waals surface area contributed by atoms with Crippen LogP contribution in [0.3, 0.4) is 0 Å². The van der Waals surface area contributed by atoms with Gasteiger partial charge in [-0.1, -0.05) is 18.6 Å². The predicted molar refractivity (Wildman–Crippen MR) is 79.2 cm³/mol. The van der Waals surface area contributed by atoms with Crippen molar-refractivity contribution in [2.24, 2.45) is 0 Å². The topological polar surface area (TPSA) is 48.3 Å². The first-order chi connectivity index (χ1) is 8.87. The van der Waals surface area contributed by atoms with Crippen molar-refractivity contribution in [1.82, 2.24) is 10.4 Å². The van der Waals surface area contributed by atoms with Gasteiger partial charge in [0.25, 0.3) is 0 Å². The van der Waals surface area contributed by atoms with E-state index in [-0.39, 0.29) is 5.66 Å². The molecule has 0 spiro atoms. The van der Waals surface area contributed by atoms with Gasteiger partial charge < -0.3 is 4.84 Å². The molecule has 0 aromatic rings. The van der Waals surface area contributed by atoms with Crippen molar-refractivity contribution in [3.63, 3.8) is 0 Å². The van der Waals surface area contributed by atoms with Crippen molar-refractivity contribution in [2.75, 3.05) is 20.2 Å².